The zero-order valence-corrected chi connectivity index (χ0v) is 11.3. The average molecular weight is 247 g/mol. The van der Waals surface area contributed by atoms with Crippen molar-refractivity contribution < 1.29 is 9.32 Å². The van der Waals surface area contributed by atoms with Crippen molar-refractivity contribution in [2.24, 2.45) is 5.92 Å². The van der Waals surface area contributed by atoms with E-state index in [2.05, 4.69) is 19.2 Å². The van der Waals surface area contributed by atoms with Gasteiger partial charge in [0.15, 0.2) is 0 Å². The largest absolute Gasteiger partial charge is 0.392 e. The lowest BCUT2D eigenvalue weighted by Crippen LogP contribution is -2.41. The number of hydrogen-bond donors (Lipinski definition) is 2. The van der Waals surface area contributed by atoms with Gasteiger partial charge in [-0.2, -0.15) is 0 Å². The Kier molecular flexibility index (Phi) is 6.54. The molecular formula is C12H25NO2S. The summed E-state index contributed by atoms with van der Waals surface area (Å²) in [5.41, 5.74) is 0. The Labute approximate surface area is 101 Å². The highest BCUT2D eigenvalue weighted by atomic mass is 32.2. The highest BCUT2D eigenvalue weighted by Gasteiger charge is 2.20. The van der Waals surface area contributed by atoms with E-state index in [4.69, 9.17) is 0 Å². The van der Waals surface area contributed by atoms with Gasteiger partial charge in [0.25, 0.3) is 0 Å². The third-order valence-corrected chi connectivity index (χ3v) is 4.98. The first-order valence-corrected chi connectivity index (χ1v) is 7.92. The minimum atomic E-state index is -0.590. The third-order valence-electron chi connectivity index (χ3n) is 3.60. The standard InChI is InChI=1S/C12H25NO2S/c1-3-10(4-2)12(14)9-13-11-5-7-16(15)8-6-11/h10-14H,3-9H2,1-2H3. The van der Waals surface area contributed by atoms with Crippen LogP contribution in [0.4, 0.5) is 0 Å². The summed E-state index contributed by atoms with van der Waals surface area (Å²) < 4.78 is 11.2. The number of hydrogen-bond acceptors (Lipinski definition) is 3. The van der Waals surface area contributed by atoms with Crippen molar-refractivity contribution in [1.29, 1.82) is 0 Å². The zero-order valence-electron chi connectivity index (χ0n) is 10.4. The Bertz CT molecular complexity index is 209. The summed E-state index contributed by atoms with van der Waals surface area (Å²) in [4.78, 5) is 0. The minimum absolute atomic E-state index is 0.234. The molecule has 1 heterocycles. The molecule has 1 fully saturated rings. The van der Waals surface area contributed by atoms with E-state index in [1.165, 1.54) is 0 Å². The van der Waals surface area contributed by atoms with E-state index in [0.717, 1.165) is 37.2 Å². The molecule has 1 unspecified atom stereocenters. The molecule has 0 aromatic rings. The van der Waals surface area contributed by atoms with Gasteiger partial charge in [0.1, 0.15) is 0 Å². The molecule has 3 nitrogen and oxygen atoms in total. The van der Waals surface area contributed by atoms with Crippen LogP contribution in [0.5, 0.6) is 0 Å². The van der Waals surface area contributed by atoms with Crippen molar-refractivity contribution in [3.63, 3.8) is 0 Å². The van der Waals surface area contributed by atoms with Crippen molar-refractivity contribution in [3.05, 3.63) is 0 Å². The van der Waals surface area contributed by atoms with Crippen molar-refractivity contribution in [2.75, 3.05) is 18.1 Å². The monoisotopic (exact) mass is 247 g/mol. The van der Waals surface area contributed by atoms with Gasteiger partial charge in [-0.15, -0.1) is 0 Å². The van der Waals surface area contributed by atoms with E-state index in [1.807, 2.05) is 0 Å². The summed E-state index contributed by atoms with van der Waals surface area (Å²) >= 11 is 0. The van der Waals surface area contributed by atoms with Crippen LogP contribution >= 0.6 is 0 Å². The Hall–Kier alpha value is 0.0700. The van der Waals surface area contributed by atoms with E-state index < -0.39 is 10.8 Å². The highest BCUT2D eigenvalue weighted by molar-refractivity contribution is 7.85. The summed E-state index contributed by atoms with van der Waals surface area (Å²) in [6.45, 7) is 4.94. The number of aliphatic hydroxyl groups excluding tert-OH is 1. The summed E-state index contributed by atoms with van der Waals surface area (Å²) in [7, 11) is -0.590. The third kappa shape index (κ3) is 4.52. The maximum Gasteiger partial charge on any atom is 0.0692 e. The fourth-order valence-corrected chi connectivity index (χ4v) is 3.58. The molecule has 1 aliphatic rings. The molecule has 1 saturated heterocycles. The molecule has 1 atom stereocenters. The van der Waals surface area contributed by atoms with Gasteiger partial charge in [0, 0.05) is 34.9 Å². The lowest BCUT2D eigenvalue weighted by atomic mass is 9.96. The number of nitrogens with one attached hydrogen (secondary N) is 1. The highest BCUT2D eigenvalue weighted by Crippen LogP contribution is 2.14. The predicted octanol–water partition coefficient (Wildman–Crippen LogP) is 1.28. The molecule has 2 N–H and O–H groups in total. The number of aliphatic hydroxyl groups is 1. The first kappa shape index (κ1) is 14.1. The molecule has 0 aliphatic carbocycles. The van der Waals surface area contributed by atoms with Crippen LogP contribution < -0.4 is 5.32 Å². The molecule has 0 saturated carbocycles. The van der Waals surface area contributed by atoms with Gasteiger partial charge in [0.2, 0.25) is 0 Å². The minimum Gasteiger partial charge on any atom is -0.392 e. The van der Waals surface area contributed by atoms with E-state index in [9.17, 15) is 9.32 Å². The summed E-state index contributed by atoms with van der Waals surface area (Å²) in [5, 5.41) is 13.4. The summed E-state index contributed by atoms with van der Waals surface area (Å²) in [6.07, 6.45) is 3.81. The fraction of sp³-hybridized carbons (Fsp3) is 1.00. The molecule has 0 bridgehead atoms. The summed E-state index contributed by atoms with van der Waals surface area (Å²) in [5.74, 6) is 2.04. The van der Waals surface area contributed by atoms with E-state index in [-0.39, 0.29) is 6.10 Å². The van der Waals surface area contributed by atoms with Gasteiger partial charge in [-0.1, -0.05) is 26.7 Å². The van der Waals surface area contributed by atoms with Crippen molar-refractivity contribution in [2.45, 2.75) is 51.7 Å². The van der Waals surface area contributed by atoms with E-state index >= 15 is 0 Å². The Balaban J connectivity index is 2.20. The van der Waals surface area contributed by atoms with Crippen LogP contribution in [0.25, 0.3) is 0 Å². The molecule has 4 heteroatoms. The lowest BCUT2D eigenvalue weighted by molar-refractivity contribution is 0.0978. The normalized spacial score (nSPS) is 28.2. The molecular weight excluding hydrogens is 222 g/mol. The summed E-state index contributed by atoms with van der Waals surface area (Å²) in [6, 6.07) is 0.460. The topological polar surface area (TPSA) is 49.3 Å². The Morgan fingerprint density at radius 2 is 1.88 bits per heavy atom. The van der Waals surface area contributed by atoms with Crippen molar-refractivity contribution in [3.8, 4) is 0 Å². The maximum atomic E-state index is 11.2. The van der Waals surface area contributed by atoms with Gasteiger partial charge in [-0.25, -0.2) is 0 Å². The SMILES string of the molecule is CCC(CC)C(O)CNC1CCS(=O)CC1. The first-order chi connectivity index (χ1) is 7.67. The molecule has 96 valence electrons. The molecule has 16 heavy (non-hydrogen) atoms. The van der Waals surface area contributed by atoms with Gasteiger partial charge in [-0.3, -0.25) is 4.21 Å². The van der Waals surface area contributed by atoms with Crippen LogP contribution in [0.2, 0.25) is 0 Å². The second-order valence-corrected chi connectivity index (χ2v) is 6.37. The van der Waals surface area contributed by atoms with Crippen LogP contribution in [-0.4, -0.2) is 39.5 Å². The smallest absolute Gasteiger partial charge is 0.0692 e. The molecule has 0 aromatic heterocycles. The van der Waals surface area contributed by atoms with Gasteiger partial charge in [0.05, 0.1) is 6.10 Å². The Morgan fingerprint density at radius 3 is 2.38 bits per heavy atom. The Morgan fingerprint density at radius 1 is 1.31 bits per heavy atom. The predicted molar refractivity (Wildman–Crippen MR) is 69.0 cm³/mol. The second-order valence-electron chi connectivity index (χ2n) is 4.67. The van der Waals surface area contributed by atoms with Gasteiger partial charge in [-0.05, 0) is 18.8 Å². The molecule has 0 spiro atoms. The van der Waals surface area contributed by atoms with Crippen LogP contribution in [0, 0.1) is 5.92 Å². The van der Waals surface area contributed by atoms with Crippen LogP contribution in [-0.2, 0) is 10.8 Å². The van der Waals surface area contributed by atoms with E-state index in [0.29, 0.717) is 18.5 Å². The fourth-order valence-electron chi connectivity index (χ4n) is 2.28. The van der Waals surface area contributed by atoms with Gasteiger partial charge < -0.3 is 10.4 Å². The maximum absolute atomic E-state index is 11.2. The van der Waals surface area contributed by atoms with Gasteiger partial charge >= 0.3 is 0 Å². The molecule has 0 radical (unpaired) electrons. The van der Waals surface area contributed by atoms with Crippen LogP contribution in [0.15, 0.2) is 0 Å². The molecule has 0 aromatic carbocycles. The molecule has 1 aliphatic heterocycles. The molecule has 1 rings (SSSR count). The van der Waals surface area contributed by atoms with Crippen LogP contribution in [0.1, 0.15) is 39.5 Å². The van der Waals surface area contributed by atoms with Crippen LogP contribution in [0.3, 0.4) is 0 Å². The average Bonchev–Trinajstić information content (AvgIpc) is 2.30. The zero-order chi connectivity index (χ0) is 12.0. The second kappa shape index (κ2) is 7.41. The lowest BCUT2D eigenvalue weighted by Gasteiger charge is -2.26. The quantitative estimate of drug-likeness (QED) is 0.743. The number of rotatable bonds is 6. The first-order valence-electron chi connectivity index (χ1n) is 6.43. The van der Waals surface area contributed by atoms with Crippen molar-refractivity contribution in [1.82, 2.24) is 5.32 Å². The van der Waals surface area contributed by atoms with E-state index in [1.54, 1.807) is 0 Å². The molecule has 0 amide bonds. The van der Waals surface area contributed by atoms with Crippen molar-refractivity contribution >= 4 is 10.8 Å².